The van der Waals surface area contributed by atoms with Crippen molar-refractivity contribution < 1.29 is 4.79 Å². The van der Waals surface area contributed by atoms with Crippen molar-refractivity contribution in [2.75, 3.05) is 19.6 Å². The summed E-state index contributed by atoms with van der Waals surface area (Å²) in [6, 6.07) is 1.83. The largest absolute Gasteiger partial charge is 0.353 e. The van der Waals surface area contributed by atoms with Gasteiger partial charge in [-0.3, -0.25) is 4.79 Å². The van der Waals surface area contributed by atoms with Crippen LogP contribution in [-0.2, 0) is 4.79 Å². The van der Waals surface area contributed by atoms with Crippen molar-refractivity contribution in [3.8, 4) is 0 Å². The summed E-state index contributed by atoms with van der Waals surface area (Å²) < 4.78 is 0. The molecule has 0 aromatic carbocycles. The first kappa shape index (κ1) is 14.8. The fourth-order valence-electron chi connectivity index (χ4n) is 2.70. The predicted molar refractivity (Wildman–Crippen MR) is 78.1 cm³/mol. The summed E-state index contributed by atoms with van der Waals surface area (Å²) in [6.07, 6.45) is 6.48. The molecule has 0 radical (unpaired) electrons. The fraction of sp³-hybridized carbons (Fsp3) is 0.933. The van der Waals surface area contributed by atoms with Gasteiger partial charge in [-0.05, 0) is 65.6 Å². The van der Waals surface area contributed by atoms with Gasteiger partial charge in [-0.25, -0.2) is 0 Å². The molecule has 2 N–H and O–H groups in total. The molecule has 2 rings (SSSR count). The van der Waals surface area contributed by atoms with Crippen LogP contribution < -0.4 is 10.6 Å². The van der Waals surface area contributed by atoms with Gasteiger partial charge in [0.05, 0.1) is 0 Å². The number of carbonyl (C=O) groups is 1. The number of rotatable bonds is 7. The first-order valence-electron chi connectivity index (χ1n) is 7.92. The SMILES string of the molecule is CC(C)N1CCC(NCCCC(=O)NC2CC2)CC1. The van der Waals surface area contributed by atoms with Gasteiger partial charge < -0.3 is 15.5 Å². The first-order chi connectivity index (χ1) is 9.15. The minimum atomic E-state index is 0.235. The highest BCUT2D eigenvalue weighted by atomic mass is 16.1. The van der Waals surface area contributed by atoms with Crippen molar-refractivity contribution in [1.29, 1.82) is 0 Å². The molecule has 4 heteroatoms. The lowest BCUT2D eigenvalue weighted by atomic mass is 10.0. The molecule has 1 aliphatic carbocycles. The molecule has 0 atom stereocenters. The first-order valence-corrected chi connectivity index (χ1v) is 7.92. The molecule has 2 fully saturated rings. The monoisotopic (exact) mass is 267 g/mol. The van der Waals surface area contributed by atoms with Gasteiger partial charge in [-0.15, -0.1) is 0 Å². The molecule has 4 nitrogen and oxygen atoms in total. The lowest BCUT2D eigenvalue weighted by molar-refractivity contribution is -0.121. The highest BCUT2D eigenvalue weighted by molar-refractivity contribution is 5.76. The highest BCUT2D eigenvalue weighted by Gasteiger charge is 2.23. The molecule has 2 aliphatic rings. The van der Waals surface area contributed by atoms with Crippen LogP contribution in [0.25, 0.3) is 0 Å². The summed E-state index contributed by atoms with van der Waals surface area (Å²) in [5.41, 5.74) is 0. The number of hydrogen-bond acceptors (Lipinski definition) is 3. The minimum absolute atomic E-state index is 0.235. The lowest BCUT2D eigenvalue weighted by Crippen LogP contribution is -2.45. The van der Waals surface area contributed by atoms with Gasteiger partial charge in [-0.1, -0.05) is 0 Å². The van der Waals surface area contributed by atoms with Gasteiger partial charge in [0.15, 0.2) is 0 Å². The molecule has 1 aliphatic heterocycles. The Kier molecular flexibility index (Phi) is 5.64. The van der Waals surface area contributed by atoms with Gasteiger partial charge >= 0.3 is 0 Å². The quantitative estimate of drug-likeness (QED) is 0.687. The fourth-order valence-corrected chi connectivity index (χ4v) is 2.70. The van der Waals surface area contributed by atoms with Gasteiger partial charge in [0.1, 0.15) is 0 Å². The second kappa shape index (κ2) is 7.25. The van der Waals surface area contributed by atoms with Crippen LogP contribution in [0.5, 0.6) is 0 Å². The van der Waals surface area contributed by atoms with Crippen LogP contribution in [0.15, 0.2) is 0 Å². The normalized spacial score (nSPS) is 21.8. The van der Waals surface area contributed by atoms with Crippen LogP contribution in [0.4, 0.5) is 0 Å². The van der Waals surface area contributed by atoms with Crippen molar-refractivity contribution in [1.82, 2.24) is 15.5 Å². The number of likely N-dealkylation sites (tertiary alicyclic amines) is 1. The zero-order valence-electron chi connectivity index (χ0n) is 12.5. The molecule has 110 valence electrons. The van der Waals surface area contributed by atoms with Crippen LogP contribution in [0.2, 0.25) is 0 Å². The standard InChI is InChI=1S/C15H29N3O/c1-12(2)18-10-7-13(8-11-18)16-9-3-4-15(19)17-14-5-6-14/h12-14,16H,3-11H2,1-2H3,(H,17,19). The maximum absolute atomic E-state index is 11.5. The maximum atomic E-state index is 11.5. The number of amides is 1. The third-order valence-electron chi connectivity index (χ3n) is 4.22. The smallest absolute Gasteiger partial charge is 0.220 e. The molecule has 1 saturated carbocycles. The Morgan fingerprint density at radius 2 is 1.84 bits per heavy atom. The summed E-state index contributed by atoms with van der Waals surface area (Å²) in [6.45, 7) is 7.93. The Balaban J connectivity index is 1.48. The third kappa shape index (κ3) is 5.49. The summed E-state index contributed by atoms with van der Waals surface area (Å²) >= 11 is 0. The van der Waals surface area contributed by atoms with E-state index < -0.39 is 0 Å². The maximum Gasteiger partial charge on any atom is 0.220 e. The molecule has 0 aromatic rings. The second-order valence-electron chi connectivity index (χ2n) is 6.30. The average Bonchev–Trinajstić information content (AvgIpc) is 3.19. The van der Waals surface area contributed by atoms with E-state index in [1.165, 1.54) is 38.8 Å². The third-order valence-corrected chi connectivity index (χ3v) is 4.22. The molecule has 0 unspecified atom stereocenters. The minimum Gasteiger partial charge on any atom is -0.353 e. The predicted octanol–water partition coefficient (Wildman–Crippen LogP) is 1.51. The van der Waals surface area contributed by atoms with Crippen LogP contribution >= 0.6 is 0 Å². The summed E-state index contributed by atoms with van der Waals surface area (Å²) in [4.78, 5) is 14.1. The van der Waals surface area contributed by atoms with Crippen molar-refractivity contribution in [3.05, 3.63) is 0 Å². The number of carbonyl (C=O) groups excluding carboxylic acids is 1. The number of hydrogen-bond donors (Lipinski definition) is 2. The average molecular weight is 267 g/mol. The molecular formula is C15H29N3O. The molecule has 0 bridgehead atoms. The van der Waals surface area contributed by atoms with E-state index in [0.717, 1.165) is 13.0 Å². The molecular weight excluding hydrogens is 238 g/mol. The van der Waals surface area contributed by atoms with Gasteiger partial charge in [0.25, 0.3) is 0 Å². The van der Waals surface area contributed by atoms with Crippen molar-refractivity contribution in [2.24, 2.45) is 0 Å². The Morgan fingerprint density at radius 1 is 1.16 bits per heavy atom. The van der Waals surface area contributed by atoms with Crippen LogP contribution in [-0.4, -0.2) is 48.6 Å². The van der Waals surface area contributed by atoms with E-state index in [9.17, 15) is 4.79 Å². The molecule has 1 amide bonds. The molecule has 0 spiro atoms. The molecule has 0 aromatic heterocycles. The summed E-state index contributed by atoms with van der Waals surface area (Å²) in [5, 5.41) is 6.64. The Labute approximate surface area is 117 Å². The molecule has 1 saturated heterocycles. The number of piperidine rings is 1. The van der Waals surface area contributed by atoms with E-state index in [1.807, 2.05) is 0 Å². The zero-order chi connectivity index (χ0) is 13.7. The Bertz CT molecular complexity index is 281. The van der Waals surface area contributed by atoms with E-state index >= 15 is 0 Å². The van der Waals surface area contributed by atoms with Crippen LogP contribution in [0.3, 0.4) is 0 Å². The van der Waals surface area contributed by atoms with Crippen LogP contribution in [0.1, 0.15) is 52.4 Å². The van der Waals surface area contributed by atoms with Gasteiger partial charge in [0, 0.05) is 24.5 Å². The van der Waals surface area contributed by atoms with E-state index in [4.69, 9.17) is 0 Å². The van der Waals surface area contributed by atoms with E-state index in [1.54, 1.807) is 0 Å². The molecule has 1 heterocycles. The van der Waals surface area contributed by atoms with Gasteiger partial charge in [-0.2, -0.15) is 0 Å². The van der Waals surface area contributed by atoms with Crippen molar-refractivity contribution in [3.63, 3.8) is 0 Å². The zero-order valence-corrected chi connectivity index (χ0v) is 12.5. The van der Waals surface area contributed by atoms with E-state index in [0.29, 0.717) is 24.5 Å². The van der Waals surface area contributed by atoms with E-state index in [2.05, 4.69) is 29.4 Å². The van der Waals surface area contributed by atoms with Crippen LogP contribution in [0, 0.1) is 0 Å². The highest BCUT2D eigenvalue weighted by Crippen LogP contribution is 2.18. The summed E-state index contributed by atoms with van der Waals surface area (Å²) in [5.74, 6) is 0.235. The van der Waals surface area contributed by atoms with Crippen molar-refractivity contribution >= 4 is 5.91 Å². The van der Waals surface area contributed by atoms with Gasteiger partial charge in [0.2, 0.25) is 5.91 Å². The topological polar surface area (TPSA) is 44.4 Å². The Hall–Kier alpha value is -0.610. The Morgan fingerprint density at radius 3 is 2.42 bits per heavy atom. The lowest BCUT2D eigenvalue weighted by Gasteiger charge is -2.35. The summed E-state index contributed by atoms with van der Waals surface area (Å²) in [7, 11) is 0. The number of nitrogens with zero attached hydrogens (tertiary/aromatic N) is 1. The molecule has 19 heavy (non-hydrogen) atoms. The van der Waals surface area contributed by atoms with E-state index in [-0.39, 0.29) is 5.91 Å². The van der Waals surface area contributed by atoms with Crippen molar-refractivity contribution in [2.45, 2.75) is 70.5 Å². The second-order valence-corrected chi connectivity index (χ2v) is 6.30. The number of nitrogens with one attached hydrogen (secondary N) is 2.